The van der Waals surface area contributed by atoms with Gasteiger partial charge in [0, 0.05) is 31.4 Å². The van der Waals surface area contributed by atoms with Gasteiger partial charge in [-0.25, -0.2) is 4.98 Å². The highest BCUT2D eigenvalue weighted by Crippen LogP contribution is 2.34. The number of H-pyrrole nitrogens is 1. The van der Waals surface area contributed by atoms with Crippen LogP contribution in [0.4, 0.5) is 0 Å². The van der Waals surface area contributed by atoms with Gasteiger partial charge in [0.25, 0.3) is 0 Å². The van der Waals surface area contributed by atoms with Gasteiger partial charge >= 0.3 is 0 Å². The first kappa shape index (κ1) is 14.5. The third kappa shape index (κ3) is 2.91. The fraction of sp³-hybridized carbons (Fsp3) is 0.529. The van der Waals surface area contributed by atoms with Crippen LogP contribution < -0.4 is 10.6 Å². The monoisotopic (exact) mass is 313 g/mol. The van der Waals surface area contributed by atoms with E-state index in [0.717, 1.165) is 31.0 Å². The van der Waals surface area contributed by atoms with E-state index in [1.54, 1.807) is 0 Å². The number of aromatic amines is 1. The van der Waals surface area contributed by atoms with Crippen molar-refractivity contribution in [1.82, 2.24) is 20.6 Å². The average Bonchev–Trinajstić information content (AvgIpc) is 3.29. The molecule has 4 heterocycles. The minimum absolute atomic E-state index is 0.359. The number of aromatic nitrogens is 2. The van der Waals surface area contributed by atoms with Crippen LogP contribution in [0.2, 0.25) is 0 Å². The Labute approximate surface area is 135 Å². The smallest absolute Gasteiger partial charge is 0.191 e. The van der Waals surface area contributed by atoms with E-state index in [1.807, 2.05) is 25.5 Å². The number of nitrogens with one attached hydrogen (secondary N) is 3. The second-order valence-corrected chi connectivity index (χ2v) is 6.32. The number of aliphatic imine (C=N–C) groups is 1. The fourth-order valence-corrected chi connectivity index (χ4v) is 3.70. The molecule has 0 aliphatic carbocycles. The first-order valence-corrected chi connectivity index (χ1v) is 8.37. The normalized spacial score (nSPS) is 26.8. The number of guanidine groups is 1. The summed E-state index contributed by atoms with van der Waals surface area (Å²) in [6, 6.07) is 4.48. The number of pyridine rings is 1. The minimum Gasteiger partial charge on any atom is -0.373 e. The summed E-state index contributed by atoms with van der Waals surface area (Å²) in [7, 11) is 1.82. The molecule has 0 radical (unpaired) electrons. The second kappa shape index (κ2) is 6.20. The molecule has 2 bridgehead atoms. The number of hydrogen-bond acceptors (Lipinski definition) is 3. The van der Waals surface area contributed by atoms with Gasteiger partial charge in [-0.05, 0) is 43.4 Å². The van der Waals surface area contributed by atoms with Crippen molar-refractivity contribution in [3.05, 3.63) is 30.1 Å². The maximum atomic E-state index is 5.89. The summed E-state index contributed by atoms with van der Waals surface area (Å²) in [5, 5.41) is 8.11. The highest BCUT2D eigenvalue weighted by molar-refractivity contribution is 5.81. The predicted molar refractivity (Wildman–Crippen MR) is 90.6 cm³/mol. The lowest BCUT2D eigenvalue weighted by Crippen LogP contribution is -2.47. The molecule has 2 aliphatic heterocycles. The Morgan fingerprint density at radius 1 is 1.48 bits per heavy atom. The summed E-state index contributed by atoms with van der Waals surface area (Å²) in [5.74, 6) is 0.865. The zero-order chi connectivity index (χ0) is 15.6. The highest BCUT2D eigenvalue weighted by Gasteiger charge is 2.41. The number of ether oxygens (including phenoxy) is 1. The van der Waals surface area contributed by atoms with Gasteiger partial charge < -0.3 is 20.4 Å². The Morgan fingerprint density at radius 2 is 2.43 bits per heavy atom. The number of nitrogens with zero attached hydrogens (tertiary/aromatic N) is 2. The van der Waals surface area contributed by atoms with Gasteiger partial charge in [0.1, 0.15) is 5.65 Å². The van der Waals surface area contributed by atoms with Gasteiger partial charge in [0.15, 0.2) is 5.96 Å². The third-order valence-corrected chi connectivity index (χ3v) is 4.88. The summed E-state index contributed by atoms with van der Waals surface area (Å²) < 4.78 is 5.89. The van der Waals surface area contributed by atoms with Gasteiger partial charge in [0.05, 0.1) is 18.2 Å². The summed E-state index contributed by atoms with van der Waals surface area (Å²) in [5.41, 5.74) is 2.23. The maximum Gasteiger partial charge on any atom is 0.191 e. The van der Waals surface area contributed by atoms with Crippen molar-refractivity contribution < 1.29 is 4.74 Å². The molecular formula is C17H23N5O. The van der Waals surface area contributed by atoms with E-state index >= 15 is 0 Å². The first-order chi connectivity index (χ1) is 11.3. The number of hydrogen-bond donors (Lipinski definition) is 3. The highest BCUT2D eigenvalue weighted by atomic mass is 16.5. The first-order valence-electron chi connectivity index (χ1n) is 8.37. The van der Waals surface area contributed by atoms with Crippen molar-refractivity contribution in [3.63, 3.8) is 0 Å². The lowest BCUT2D eigenvalue weighted by molar-refractivity contribution is 0.0992. The molecule has 122 valence electrons. The Balaban J connectivity index is 1.31. The summed E-state index contributed by atoms with van der Waals surface area (Å²) in [6.07, 6.45) is 9.07. The Morgan fingerprint density at radius 3 is 3.22 bits per heavy atom. The molecule has 23 heavy (non-hydrogen) atoms. The predicted octanol–water partition coefficient (Wildman–Crippen LogP) is 1.59. The van der Waals surface area contributed by atoms with E-state index in [9.17, 15) is 0 Å². The Hall–Kier alpha value is -2.08. The van der Waals surface area contributed by atoms with Crippen LogP contribution in [-0.2, 0) is 11.2 Å². The summed E-state index contributed by atoms with van der Waals surface area (Å²) >= 11 is 0. The molecule has 2 aliphatic rings. The van der Waals surface area contributed by atoms with Crippen molar-refractivity contribution in [2.75, 3.05) is 13.6 Å². The lowest BCUT2D eigenvalue weighted by Gasteiger charge is -2.22. The van der Waals surface area contributed by atoms with Crippen molar-refractivity contribution in [1.29, 1.82) is 0 Å². The zero-order valence-electron chi connectivity index (χ0n) is 13.4. The van der Waals surface area contributed by atoms with Crippen LogP contribution in [0.1, 0.15) is 24.8 Å². The van der Waals surface area contributed by atoms with E-state index < -0.39 is 0 Å². The fourth-order valence-electron chi connectivity index (χ4n) is 3.70. The van der Waals surface area contributed by atoms with Gasteiger partial charge in [-0.3, -0.25) is 4.99 Å². The molecule has 6 nitrogen and oxygen atoms in total. The van der Waals surface area contributed by atoms with Gasteiger partial charge in [0.2, 0.25) is 0 Å². The molecule has 3 atom stereocenters. The molecule has 6 heteroatoms. The van der Waals surface area contributed by atoms with Crippen LogP contribution in [0.5, 0.6) is 0 Å². The molecule has 2 saturated heterocycles. The number of rotatable bonds is 4. The SMILES string of the molecule is CN=C(NCCc1c[nH]c2ncccc12)NC1CC2CCC1O2. The molecule has 2 aromatic heterocycles. The van der Waals surface area contributed by atoms with Crippen molar-refractivity contribution >= 4 is 17.0 Å². The second-order valence-electron chi connectivity index (χ2n) is 6.32. The topological polar surface area (TPSA) is 74.3 Å². The molecule has 4 rings (SSSR count). The van der Waals surface area contributed by atoms with Crippen molar-refractivity contribution in [3.8, 4) is 0 Å². The van der Waals surface area contributed by atoms with Crippen LogP contribution in [0.25, 0.3) is 11.0 Å². The van der Waals surface area contributed by atoms with Crippen LogP contribution >= 0.6 is 0 Å². The quantitative estimate of drug-likeness (QED) is 0.592. The van der Waals surface area contributed by atoms with E-state index in [0.29, 0.717) is 18.2 Å². The largest absolute Gasteiger partial charge is 0.373 e. The van der Waals surface area contributed by atoms with Crippen molar-refractivity contribution in [2.24, 2.45) is 4.99 Å². The summed E-state index contributed by atoms with van der Waals surface area (Å²) in [4.78, 5) is 11.9. The maximum absolute atomic E-state index is 5.89. The van der Waals surface area contributed by atoms with E-state index in [-0.39, 0.29) is 0 Å². The average molecular weight is 313 g/mol. The van der Waals surface area contributed by atoms with Crippen LogP contribution in [0.15, 0.2) is 29.5 Å². The molecule has 0 amide bonds. The standard InChI is InChI=1S/C17H23N5O/c1-18-17(22-14-9-12-4-5-15(14)23-12)20-8-6-11-10-21-16-13(11)3-2-7-19-16/h2-3,7,10,12,14-15H,4-6,8-9H2,1H3,(H,19,21)(H2,18,20,22). The molecular weight excluding hydrogens is 290 g/mol. The van der Waals surface area contributed by atoms with E-state index in [1.165, 1.54) is 23.8 Å². The lowest BCUT2D eigenvalue weighted by atomic mass is 9.96. The Bertz CT molecular complexity index is 710. The van der Waals surface area contributed by atoms with Gasteiger partial charge in [-0.2, -0.15) is 0 Å². The van der Waals surface area contributed by atoms with Gasteiger partial charge in [-0.15, -0.1) is 0 Å². The van der Waals surface area contributed by atoms with Crippen LogP contribution in [0.3, 0.4) is 0 Å². The molecule has 2 fully saturated rings. The molecule has 2 aromatic rings. The zero-order valence-corrected chi connectivity index (χ0v) is 13.4. The summed E-state index contributed by atoms with van der Waals surface area (Å²) in [6.45, 7) is 0.837. The van der Waals surface area contributed by atoms with Gasteiger partial charge in [-0.1, -0.05) is 0 Å². The van der Waals surface area contributed by atoms with Crippen molar-refractivity contribution in [2.45, 2.75) is 43.9 Å². The molecule has 3 unspecified atom stereocenters. The minimum atomic E-state index is 0.359. The van der Waals surface area contributed by atoms with Crippen LogP contribution in [0, 0.1) is 0 Å². The van der Waals surface area contributed by atoms with E-state index in [4.69, 9.17) is 4.74 Å². The van der Waals surface area contributed by atoms with Crippen LogP contribution in [-0.4, -0.2) is 47.8 Å². The molecule has 0 aromatic carbocycles. The number of fused-ring (bicyclic) bond motifs is 3. The molecule has 3 N–H and O–H groups in total. The third-order valence-electron chi connectivity index (χ3n) is 4.88. The Kier molecular flexibility index (Phi) is 3.91. The molecule has 0 saturated carbocycles. The molecule has 0 spiro atoms. The van der Waals surface area contributed by atoms with E-state index in [2.05, 4.69) is 31.7 Å².